The predicted molar refractivity (Wildman–Crippen MR) is 144 cm³/mol. The van der Waals surface area contributed by atoms with Crippen LogP contribution in [0.25, 0.3) is 0 Å². The molecule has 5 rings (SSSR count). The van der Waals surface area contributed by atoms with Crippen molar-refractivity contribution in [3.63, 3.8) is 0 Å². The molecular weight excluding hydrogens is 505 g/mol. The molecule has 202 valence electrons. The zero-order valence-electron chi connectivity index (χ0n) is 21.5. The number of nitrogens with zero attached hydrogens (tertiary/aromatic N) is 3. The van der Waals surface area contributed by atoms with E-state index >= 15 is 0 Å². The van der Waals surface area contributed by atoms with Crippen molar-refractivity contribution in [2.45, 2.75) is 61.1 Å². The summed E-state index contributed by atoms with van der Waals surface area (Å²) in [6.45, 7) is 1.30. The van der Waals surface area contributed by atoms with Gasteiger partial charge in [-0.2, -0.15) is 0 Å². The lowest BCUT2D eigenvalue weighted by Gasteiger charge is -2.49. The van der Waals surface area contributed by atoms with Crippen molar-refractivity contribution >= 4 is 15.7 Å². The maximum absolute atomic E-state index is 13.9. The van der Waals surface area contributed by atoms with Crippen LogP contribution in [0.5, 0.6) is 5.75 Å². The molecule has 1 saturated heterocycles. The molecule has 3 aromatic rings. The number of hydrogen-bond acceptors (Lipinski definition) is 6. The van der Waals surface area contributed by atoms with Crippen LogP contribution in [0.15, 0.2) is 78.0 Å². The molecule has 1 aliphatic carbocycles. The average molecular weight is 540 g/mol. The summed E-state index contributed by atoms with van der Waals surface area (Å²) in [7, 11) is -2.39. The first-order chi connectivity index (χ1) is 18.3. The number of anilines is 1. The first kappa shape index (κ1) is 26.6. The number of aromatic nitrogens is 1. The Bertz CT molecular complexity index is 1310. The number of halogens is 1. The molecule has 1 aliphatic heterocycles. The van der Waals surface area contributed by atoms with Crippen molar-refractivity contribution in [1.82, 2.24) is 9.88 Å². The minimum Gasteiger partial charge on any atom is -0.497 e. The highest BCUT2D eigenvalue weighted by atomic mass is 32.2. The van der Waals surface area contributed by atoms with E-state index in [1.165, 1.54) is 47.8 Å². The van der Waals surface area contributed by atoms with Gasteiger partial charge in [-0.3, -0.25) is 14.2 Å². The van der Waals surface area contributed by atoms with Crippen molar-refractivity contribution < 1.29 is 22.7 Å². The van der Waals surface area contributed by atoms with E-state index in [2.05, 4.69) is 9.88 Å². The number of sulfonamides is 1. The molecule has 1 saturated carbocycles. The van der Waals surface area contributed by atoms with Crippen molar-refractivity contribution in [1.29, 1.82) is 0 Å². The molecule has 0 spiro atoms. The molecule has 2 aliphatic rings. The van der Waals surface area contributed by atoms with Gasteiger partial charge in [-0.1, -0.05) is 12.8 Å². The zero-order chi connectivity index (χ0) is 26.8. The van der Waals surface area contributed by atoms with Crippen molar-refractivity contribution in [2.24, 2.45) is 0 Å². The normalized spacial score (nSPS) is 23.2. The van der Waals surface area contributed by atoms with Crippen LogP contribution in [0.3, 0.4) is 0 Å². The van der Waals surface area contributed by atoms with E-state index in [0.29, 0.717) is 43.8 Å². The van der Waals surface area contributed by atoms with Gasteiger partial charge in [0.2, 0.25) is 0 Å². The number of likely N-dealkylation sites (tertiary alicyclic amines) is 1. The van der Waals surface area contributed by atoms with E-state index in [-0.39, 0.29) is 17.0 Å². The van der Waals surface area contributed by atoms with Crippen LogP contribution in [-0.2, 0) is 15.6 Å². The topological polar surface area (TPSA) is 83.0 Å². The van der Waals surface area contributed by atoms with Crippen molar-refractivity contribution in [2.75, 3.05) is 24.5 Å². The molecule has 2 heterocycles. The average Bonchev–Trinajstić information content (AvgIpc) is 2.95. The number of benzene rings is 2. The second-order valence-electron chi connectivity index (χ2n) is 10.1. The lowest BCUT2D eigenvalue weighted by molar-refractivity contribution is -0.0849. The van der Waals surface area contributed by atoms with Gasteiger partial charge in [0.25, 0.3) is 10.0 Å². The third-order valence-corrected chi connectivity index (χ3v) is 9.88. The van der Waals surface area contributed by atoms with Crippen LogP contribution in [0.2, 0.25) is 0 Å². The summed E-state index contributed by atoms with van der Waals surface area (Å²) >= 11 is 0. The molecule has 9 heteroatoms. The third-order valence-electron chi connectivity index (χ3n) is 7.99. The summed E-state index contributed by atoms with van der Waals surface area (Å²) < 4.78 is 48.2. The molecule has 1 N–H and O–H groups in total. The Labute approximate surface area is 223 Å². The summed E-state index contributed by atoms with van der Waals surface area (Å²) in [6.07, 6.45) is 8.21. The van der Waals surface area contributed by atoms with Gasteiger partial charge in [0, 0.05) is 37.6 Å². The second-order valence-corrected chi connectivity index (χ2v) is 12.0. The van der Waals surface area contributed by atoms with E-state index < -0.39 is 21.4 Å². The first-order valence-corrected chi connectivity index (χ1v) is 14.6. The van der Waals surface area contributed by atoms with Crippen LogP contribution in [0.4, 0.5) is 10.1 Å². The lowest BCUT2D eigenvalue weighted by Crippen LogP contribution is -2.57. The Morgan fingerprint density at radius 3 is 2.26 bits per heavy atom. The van der Waals surface area contributed by atoms with Gasteiger partial charge >= 0.3 is 0 Å². The number of piperidine rings is 1. The maximum Gasteiger partial charge on any atom is 0.264 e. The van der Waals surface area contributed by atoms with Gasteiger partial charge in [-0.05, 0) is 91.9 Å². The zero-order valence-corrected chi connectivity index (χ0v) is 22.4. The van der Waals surface area contributed by atoms with Crippen LogP contribution in [0, 0.1) is 5.82 Å². The van der Waals surface area contributed by atoms with E-state index in [4.69, 9.17) is 4.74 Å². The Morgan fingerprint density at radius 2 is 1.63 bits per heavy atom. The quantitative estimate of drug-likeness (QED) is 0.468. The number of hydrogen-bond donors (Lipinski definition) is 1. The second kappa shape index (κ2) is 11.0. The molecule has 2 atom stereocenters. The van der Waals surface area contributed by atoms with Crippen molar-refractivity contribution in [3.8, 4) is 5.75 Å². The van der Waals surface area contributed by atoms with E-state index in [1.54, 1.807) is 24.5 Å². The third kappa shape index (κ3) is 5.15. The molecule has 2 aromatic carbocycles. The Kier molecular flexibility index (Phi) is 7.70. The van der Waals surface area contributed by atoms with Gasteiger partial charge in [0.05, 0.1) is 17.7 Å². The van der Waals surface area contributed by atoms with Crippen LogP contribution < -0.4 is 9.04 Å². The predicted octanol–water partition coefficient (Wildman–Crippen LogP) is 4.72. The SMILES string of the molecule is COc1ccc(S(=O)(=O)N(c2ccc(F)cc2)C2CCN(C3CCCCC3(O)c3ccncc3)CC2)cc1. The van der Waals surface area contributed by atoms with Crippen LogP contribution in [-0.4, -0.2) is 55.7 Å². The molecular formula is C29H34FN3O4S. The number of rotatable bonds is 7. The molecule has 1 aromatic heterocycles. The van der Waals surface area contributed by atoms with E-state index in [0.717, 1.165) is 24.8 Å². The highest BCUT2D eigenvalue weighted by Gasteiger charge is 2.45. The summed E-state index contributed by atoms with van der Waals surface area (Å²) in [6, 6.07) is 15.4. The largest absolute Gasteiger partial charge is 0.497 e. The number of aliphatic hydroxyl groups is 1. The van der Waals surface area contributed by atoms with E-state index in [9.17, 15) is 17.9 Å². The van der Waals surface area contributed by atoms with Gasteiger partial charge in [-0.15, -0.1) is 0 Å². The Hall–Kier alpha value is -3.01. The Balaban J connectivity index is 1.41. The summed E-state index contributed by atoms with van der Waals surface area (Å²) in [5.74, 6) is 0.151. The first-order valence-electron chi connectivity index (χ1n) is 13.1. The monoisotopic (exact) mass is 539 g/mol. The number of pyridine rings is 1. The molecule has 2 unspecified atom stereocenters. The van der Waals surface area contributed by atoms with Crippen LogP contribution in [0.1, 0.15) is 44.1 Å². The summed E-state index contributed by atoms with van der Waals surface area (Å²) in [5.41, 5.74) is 0.362. The molecule has 0 amide bonds. The molecule has 0 radical (unpaired) electrons. The fraction of sp³-hybridized carbons (Fsp3) is 0.414. The molecule has 38 heavy (non-hydrogen) atoms. The highest BCUT2D eigenvalue weighted by molar-refractivity contribution is 7.92. The smallest absolute Gasteiger partial charge is 0.264 e. The number of ether oxygens (including phenoxy) is 1. The summed E-state index contributed by atoms with van der Waals surface area (Å²) in [5, 5.41) is 11.8. The fourth-order valence-corrected chi connectivity index (χ4v) is 7.74. The van der Waals surface area contributed by atoms with Gasteiger partial charge in [0.1, 0.15) is 17.2 Å². The fourth-order valence-electron chi connectivity index (χ4n) is 6.03. The van der Waals surface area contributed by atoms with Gasteiger partial charge in [-0.25, -0.2) is 12.8 Å². The maximum atomic E-state index is 13.9. The number of methoxy groups -OCH3 is 1. The minimum absolute atomic E-state index is 0.0444. The van der Waals surface area contributed by atoms with Crippen molar-refractivity contribution in [3.05, 3.63) is 84.4 Å². The highest BCUT2D eigenvalue weighted by Crippen LogP contribution is 2.41. The summed E-state index contributed by atoms with van der Waals surface area (Å²) in [4.78, 5) is 6.59. The van der Waals surface area contributed by atoms with Crippen LogP contribution >= 0.6 is 0 Å². The van der Waals surface area contributed by atoms with Gasteiger partial charge < -0.3 is 9.84 Å². The lowest BCUT2D eigenvalue weighted by atomic mass is 9.74. The molecule has 0 bridgehead atoms. The minimum atomic E-state index is -3.92. The van der Waals surface area contributed by atoms with E-state index in [1.807, 2.05) is 12.1 Å². The standard InChI is InChI=1S/C29H34FN3O4S/c1-37-26-9-11-27(12-10-26)38(35,36)33(24-7-5-23(30)6-8-24)25-15-20-32(21-16-25)28-4-2-3-17-29(28,34)22-13-18-31-19-14-22/h5-14,18-19,25,28,34H,2-4,15-17,20-21H2,1H3. The molecule has 2 fully saturated rings. The Morgan fingerprint density at radius 1 is 0.974 bits per heavy atom. The molecule has 7 nitrogen and oxygen atoms in total. The van der Waals surface area contributed by atoms with Gasteiger partial charge in [0.15, 0.2) is 0 Å².